The maximum atomic E-state index is 12.8. The third-order valence-corrected chi connectivity index (χ3v) is 8.08. The molecule has 0 aromatic heterocycles. The van der Waals surface area contributed by atoms with Crippen LogP contribution in [-0.2, 0) is 9.59 Å². The zero-order chi connectivity index (χ0) is 19.6. The fourth-order valence-electron chi connectivity index (χ4n) is 3.40. The first kappa shape index (κ1) is 20.2. The Labute approximate surface area is 179 Å². The molecule has 26 heavy (non-hydrogen) atoms. The molecule has 0 radical (unpaired) electrons. The van der Waals surface area contributed by atoms with Crippen molar-refractivity contribution in [1.82, 2.24) is 10.2 Å². The molecule has 0 spiro atoms. The summed E-state index contributed by atoms with van der Waals surface area (Å²) in [6, 6.07) is 2.57. The first-order valence-electron chi connectivity index (χ1n) is 7.60. The van der Waals surface area contributed by atoms with Gasteiger partial charge in [-0.2, -0.15) is 0 Å². The number of amides is 2. The molecule has 0 aliphatic carbocycles. The number of hydrogen-bond donors (Lipinski definition) is 2. The number of benzene rings is 1. The number of carboxylic acids is 1. The number of hydrogen-bond acceptors (Lipinski definition) is 4. The molecule has 2 aliphatic heterocycles. The first-order valence-corrected chi connectivity index (χ1v) is 10.9. The van der Waals surface area contributed by atoms with Crippen LogP contribution in [0.25, 0.3) is 0 Å². The second-order valence-electron chi connectivity index (χ2n) is 6.93. The van der Waals surface area contributed by atoms with Crippen molar-refractivity contribution < 1.29 is 19.5 Å². The van der Waals surface area contributed by atoms with Crippen LogP contribution in [0.1, 0.15) is 31.1 Å². The van der Waals surface area contributed by atoms with Crippen LogP contribution in [0.5, 0.6) is 0 Å². The maximum absolute atomic E-state index is 12.8. The van der Waals surface area contributed by atoms with Crippen LogP contribution in [-0.4, -0.2) is 49.5 Å². The van der Waals surface area contributed by atoms with Crippen LogP contribution in [0.2, 0.25) is 0 Å². The van der Waals surface area contributed by atoms with E-state index in [-0.39, 0.29) is 5.91 Å². The van der Waals surface area contributed by atoms with Crippen molar-refractivity contribution in [2.45, 2.75) is 42.5 Å². The summed E-state index contributed by atoms with van der Waals surface area (Å²) >= 11 is 11.5. The fraction of sp³-hybridized carbons (Fsp3) is 0.438. The molecule has 2 aliphatic rings. The summed E-state index contributed by atoms with van der Waals surface area (Å²) in [5.41, 5.74) is -0.785. The highest BCUT2D eigenvalue weighted by atomic mass is 79.9. The average molecular weight is 571 g/mol. The van der Waals surface area contributed by atoms with Crippen LogP contribution in [0.3, 0.4) is 0 Å². The normalized spacial score (nSPS) is 29.2. The molecule has 6 nitrogen and oxygen atoms in total. The number of nitrogens with zero attached hydrogens (tertiary/aromatic N) is 1. The molecule has 2 amide bonds. The number of β-lactam (4-membered cyclic amide) rings is 1. The minimum Gasteiger partial charge on any atom is -0.480 e. The second kappa shape index (κ2) is 6.49. The van der Waals surface area contributed by atoms with Gasteiger partial charge in [0.25, 0.3) is 11.8 Å². The van der Waals surface area contributed by atoms with Crippen LogP contribution >= 0.6 is 59.6 Å². The van der Waals surface area contributed by atoms with Crippen molar-refractivity contribution in [3.05, 3.63) is 31.1 Å². The SMILES string of the molecule is CC1(C)S[C@H]2N(C(=O)[C@]2(C)NC(=O)c2c(Br)cc(Br)cc2Br)[C@H]1C(=O)O. The van der Waals surface area contributed by atoms with Crippen LogP contribution in [0, 0.1) is 0 Å². The minimum atomic E-state index is -1.16. The van der Waals surface area contributed by atoms with Gasteiger partial charge in [0.2, 0.25) is 0 Å². The smallest absolute Gasteiger partial charge is 0.327 e. The van der Waals surface area contributed by atoms with Gasteiger partial charge in [-0.15, -0.1) is 11.8 Å². The minimum absolute atomic E-state index is 0.373. The standard InChI is InChI=1S/C16H15Br3N2O4S/c1-15(2)10(12(23)24)21-13(25)16(3,14(21)26-15)20-11(22)9-7(18)4-6(17)5-8(9)19/h4-5,10,14H,1-3H3,(H,20,22)(H,23,24)/t10-,14+,16-/m0/s1. The monoisotopic (exact) mass is 568 g/mol. The summed E-state index contributed by atoms with van der Waals surface area (Å²) in [6.45, 7) is 5.24. The molecular weight excluding hydrogens is 556 g/mol. The number of carboxylic acid groups (broad SMARTS) is 1. The predicted octanol–water partition coefficient (Wildman–Crippen LogP) is 3.61. The Bertz CT molecular complexity index is 824. The van der Waals surface area contributed by atoms with E-state index >= 15 is 0 Å². The predicted molar refractivity (Wildman–Crippen MR) is 109 cm³/mol. The third-order valence-electron chi connectivity index (χ3n) is 4.62. The van der Waals surface area contributed by atoms with Crippen LogP contribution in [0.4, 0.5) is 0 Å². The lowest BCUT2D eigenvalue weighted by Gasteiger charge is -2.51. The summed E-state index contributed by atoms with van der Waals surface area (Å²) in [5.74, 6) is -1.83. The Hall–Kier alpha value is -0.580. The number of rotatable bonds is 3. The van der Waals surface area contributed by atoms with E-state index in [1.54, 1.807) is 32.9 Å². The summed E-state index contributed by atoms with van der Waals surface area (Å²) in [7, 11) is 0. The van der Waals surface area contributed by atoms with E-state index in [9.17, 15) is 19.5 Å². The number of carbonyl (C=O) groups excluding carboxylic acids is 2. The van der Waals surface area contributed by atoms with Gasteiger partial charge in [-0.25, -0.2) is 4.79 Å². The van der Waals surface area contributed by atoms with Gasteiger partial charge in [-0.3, -0.25) is 9.59 Å². The van der Waals surface area contributed by atoms with Crippen molar-refractivity contribution in [1.29, 1.82) is 0 Å². The molecule has 0 unspecified atom stereocenters. The molecule has 2 saturated heterocycles. The van der Waals surface area contributed by atoms with E-state index < -0.39 is 33.6 Å². The van der Waals surface area contributed by atoms with Crippen molar-refractivity contribution in [3.8, 4) is 0 Å². The molecule has 0 saturated carbocycles. The Balaban J connectivity index is 1.89. The van der Waals surface area contributed by atoms with Gasteiger partial charge >= 0.3 is 5.97 Å². The Kier molecular flexibility index (Phi) is 5.03. The quantitative estimate of drug-likeness (QED) is 0.542. The second-order valence-corrected chi connectivity index (χ2v) is 11.3. The largest absolute Gasteiger partial charge is 0.480 e. The Morgan fingerprint density at radius 1 is 1.19 bits per heavy atom. The highest BCUT2D eigenvalue weighted by molar-refractivity contribution is 9.11. The highest BCUT2D eigenvalue weighted by Gasteiger charge is 2.70. The summed E-state index contributed by atoms with van der Waals surface area (Å²) in [5, 5.41) is 11.9. The molecule has 140 valence electrons. The van der Waals surface area contributed by atoms with Gasteiger partial charge in [0.05, 0.1) is 5.56 Å². The van der Waals surface area contributed by atoms with E-state index in [1.807, 2.05) is 0 Å². The third kappa shape index (κ3) is 2.93. The molecule has 3 rings (SSSR count). The van der Waals surface area contributed by atoms with Crippen molar-refractivity contribution in [3.63, 3.8) is 0 Å². The van der Waals surface area contributed by atoms with Gasteiger partial charge in [-0.05, 0) is 64.8 Å². The lowest BCUT2D eigenvalue weighted by molar-refractivity contribution is -0.165. The molecule has 2 fully saturated rings. The lowest BCUT2D eigenvalue weighted by Crippen LogP contribution is -2.78. The molecule has 10 heteroatoms. The number of thioether (sulfide) groups is 1. The van der Waals surface area contributed by atoms with Gasteiger partial charge in [-0.1, -0.05) is 15.9 Å². The van der Waals surface area contributed by atoms with Gasteiger partial charge < -0.3 is 15.3 Å². The average Bonchev–Trinajstić information content (AvgIpc) is 2.75. The van der Waals surface area contributed by atoms with Gasteiger partial charge in [0.15, 0.2) is 0 Å². The fourth-order valence-corrected chi connectivity index (χ4v) is 7.66. The molecule has 3 atom stereocenters. The number of carbonyl (C=O) groups is 3. The highest BCUT2D eigenvalue weighted by Crippen LogP contribution is 2.54. The topological polar surface area (TPSA) is 86.7 Å². The maximum Gasteiger partial charge on any atom is 0.327 e. The summed E-state index contributed by atoms with van der Waals surface area (Å²) < 4.78 is 1.30. The molecule has 1 aromatic rings. The van der Waals surface area contributed by atoms with E-state index in [0.717, 1.165) is 4.47 Å². The van der Waals surface area contributed by atoms with Crippen molar-refractivity contribution in [2.24, 2.45) is 0 Å². The van der Waals surface area contributed by atoms with Crippen molar-refractivity contribution in [2.75, 3.05) is 0 Å². The zero-order valence-corrected chi connectivity index (χ0v) is 19.5. The first-order chi connectivity index (χ1) is 11.9. The Morgan fingerprint density at radius 3 is 2.23 bits per heavy atom. The number of halogens is 3. The lowest BCUT2D eigenvalue weighted by atomic mass is 9.86. The van der Waals surface area contributed by atoms with E-state index in [0.29, 0.717) is 14.5 Å². The van der Waals surface area contributed by atoms with E-state index in [2.05, 4.69) is 53.1 Å². The van der Waals surface area contributed by atoms with E-state index in [1.165, 1.54) is 16.7 Å². The molecule has 0 bridgehead atoms. The molecule has 2 heterocycles. The zero-order valence-electron chi connectivity index (χ0n) is 14.0. The number of aliphatic carboxylic acids is 1. The molecular formula is C16H15Br3N2O4S. The number of nitrogens with one attached hydrogen (secondary N) is 1. The van der Waals surface area contributed by atoms with Gasteiger partial charge in [0.1, 0.15) is 17.0 Å². The molecule has 2 N–H and O–H groups in total. The van der Waals surface area contributed by atoms with Crippen LogP contribution < -0.4 is 5.32 Å². The summed E-state index contributed by atoms with van der Waals surface area (Å²) in [4.78, 5) is 38.6. The number of fused-ring (bicyclic) bond motifs is 1. The van der Waals surface area contributed by atoms with Gasteiger partial charge in [0, 0.05) is 18.2 Å². The molecule has 1 aromatic carbocycles. The van der Waals surface area contributed by atoms with Crippen molar-refractivity contribution >= 4 is 77.3 Å². The van der Waals surface area contributed by atoms with E-state index in [4.69, 9.17) is 0 Å². The summed E-state index contributed by atoms with van der Waals surface area (Å²) in [6.07, 6.45) is 0. The van der Waals surface area contributed by atoms with Crippen LogP contribution in [0.15, 0.2) is 25.6 Å². The Morgan fingerprint density at radius 2 is 1.73 bits per heavy atom.